The van der Waals surface area contributed by atoms with Crippen molar-refractivity contribution >= 4 is 23.1 Å². The summed E-state index contributed by atoms with van der Waals surface area (Å²) in [5.74, 6) is -5.21. The minimum atomic E-state index is -2.38. The molecule has 4 unspecified atom stereocenters. The molecule has 3 aliphatic rings. The summed E-state index contributed by atoms with van der Waals surface area (Å²) in [6, 6.07) is 11.6. The second-order valence-corrected chi connectivity index (χ2v) is 10.7. The molecule has 0 saturated heterocycles. The second-order valence-electron chi connectivity index (χ2n) is 10.7. The number of phenolic OH excluding ortho intramolecular Hbond substituents is 1. The molecule has 186 valence electrons. The zero-order valence-corrected chi connectivity index (χ0v) is 20.8. The lowest BCUT2D eigenvalue weighted by molar-refractivity contribution is -0.165. The van der Waals surface area contributed by atoms with Gasteiger partial charge in [0.2, 0.25) is 5.78 Å². The quantitative estimate of drug-likeness (QED) is 0.504. The van der Waals surface area contributed by atoms with Crippen molar-refractivity contribution in [2.24, 2.45) is 17.8 Å². The van der Waals surface area contributed by atoms with Crippen molar-refractivity contribution in [3.8, 4) is 5.75 Å². The Hall–Kier alpha value is -3.38. The van der Waals surface area contributed by atoms with Crippen LogP contribution in [0.25, 0.3) is 0 Å². The number of carbonyl (C=O) groups is 4. The number of carbonyl (C=O) groups excluding carboxylic acids is 4. The van der Waals surface area contributed by atoms with Crippen molar-refractivity contribution in [2.45, 2.75) is 58.5 Å². The molecule has 0 heterocycles. The second kappa shape index (κ2) is 8.63. The summed E-state index contributed by atoms with van der Waals surface area (Å²) >= 11 is 0. The van der Waals surface area contributed by atoms with E-state index in [9.17, 15) is 29.4 Å². The van der Waals surface area contributed by atoms with Crippen LogP contribution in [-0.4, -0.2) is 38.9 Å². The fourth-order valence-electron chi connectivity index (χ4n) is 6.58. The summed E-state index contributed by atoms with van der Waals surface area (Å²) in [5, 5.41) is 22.1. The Kier molecular flexibility index (Phi) is 5.83. The Labute approximate surface area is 210 Å². The van der Waals surface area contributed by atoms with Crippen molar-refractivity contribution in [1.82, 2.24) is 0 Å². The molecule has 2 aromatic rings. The third-order valence-electron chi connectivity index (χ3n) is 8.40. The van der Waals surface area contributed by atoms with Gasteiger partial charge in [-0.05, 0) is 81.5 Å². The lowest BCUT2D eigenvalue weighted by Crippen LogP contribution is -2.64. The van der Waals surface area contributed by atoms with Crippen LogP contribution in [0.5, 0.6) is 5.75 Å². The smallest absolute Gasteiger partial charge is 0.205 e. The van der Waals surface area contributed by atoms with Gasteiger partial charge >= 0.3 is 0 Å². The number of hydrogen-bond acceptors (Lipinski definition) is 6. The van der Waals surface area contributed by atoms with Crippen LogP contribution < -0.4 is 0 Å². The molecule has 6 heteroatoms. The molecule has 2 aromatic carbocycles. The number of rotatable bonds is 4. The number of Topliss-reactive ketones (excluding diaryl/α,β-unsaturated/α-hetero) is 4. The van der Waals surface area contributed by atoms with Gasteiger partial charge in [-0.3, -0.25) is 19.2 Å². The minimum absolute atomic E-state index is 0.120. The maximum atomic E-state index is 13.7. The van der Waals surface area contributed by atoms with Crippen LogP contribution in [-0.2, 0) is 33.6 Å². The van der Waals surface area contributed by atoms with E-state index in [1.54, 1.807) is 6.92 Å². The minimum Gasteiger partial charge on any atom is -0.507 e. The molecule has 0 radical (unpaired) electrons. The van der Waals surface area contributed by atoms with E-state index >= 15 is 0 Å². The maximum Gasteiger partial charge on any atom is 0.205 e. The number of hydrogen-bond donors (Lipinski definition) is 2. The SMILES string of the molecule is CC(=O)C1=C(C)CC2CC3Cc4c(CCc5ccc(C)cc5)ccc(O)c4C(=O)C3C(=O)C2(O)C1=O. The Morgan fingerprint density at radius 1 is 1.00 bits per heavy atom. The van der Waals surface area contributed by atoms with Crippen LogP contribution in [0, 0.1) is 24.7 Å². The van der Waals surface area contributed by atoms with Crippen molar-refractivity contribution in [3.63, 3.8) is 0 Å². The van der Waals surface area contributed by atoms with E-state index in [0.717, 1.165) is 17.5 Å². The van der Waals surface area contributed by atoms with E-state index in [0.29, 0.717) is 24.8 Å². The van der Waals surface area contributed by atoms with Gasteiger partial charge in [0.1, 0.15) is 5.75 Å². The number of fused-ring (bicyclic) bond motifs is 3. The Balaban J connectivity index is 1.50. The van der Waals surface area contributed by atoms with Crippen molar-refractivity contribution in [3.05, 3.63) is 75.4 Å². The molecule has 5 rings (SSSR count). The molecule has 0 aliphatic heterocycles. The van der Waals surface area contributed by atoms with Gasteiger partial charge in [-0.25, -0.2) is 0 Å². The van der Waals surface area contributed by atoms with Gasteiger partial charge in [0.25, 0.3) is 0 Å². The van der Waals surface area contributed by atoms with E-state index in [-0.39, 0.29) is 29.2 Å². The molecule has 0 amide bonds. The Bertz CT molecular complexity index is 1350. The molecule has 3 aliphatic carbocycles. The van der Waals surface area contributed by atoms with Gasteiger partial charge in [0.15, 0.2) is 23.0 Å². The molecule has 0 spiro atoms. The van der Waals surface area contributed by atoms with Gasteiger partial charge in [0, 0.05) is 5.92 Å². The molecule has 1 saturated carbocycles. The molecule has 4 atom stereocenters. The molecule has 0 bridgehead atoms. The van der Waals surface area contributed by atoms with Crippen LogP contribution in [0.4, 0.5) is 0 Å². The van der Waals surface area contributed by atoms with Gasteiger partial charge < -0.3 is 10.2 Å². The first kappa shape index (κ1) is 24.3. The number of allylic oxidation sites excluding steroid dienone is 1. The molecule has 0 aromatic heterocycles. The Morgan fingerprint density at radius 3 is 2.36 bits per heavy atom. The number of aliphatic hydroxyl groups is 1. The number of ketones is 4. The van der Waals surface area contributed by atoms with Crippen LogP contribution in [0.15, 0.2) is 47.5 Å². The van der Waals surface area contributed by atoms with Gasteiger partial charge in [-0.2, -0.15) is 0 Å². The van der Waals surface area contributed by atoms with Gasteiger partial charge in [-0.1, -0.05) is 41.5 Å². The highest BCUT2D eigenvalue weighted by molar-refractivity contribution is 6.32. The monoisotopic (exact) mass is 486 g/mol. The number of phenols is 1. The van der Waals surface area contributed by atoms with E-state index < -0.39 is 40.6 Å². The maximum absolute atomic E-state index is 13.7. The van der Waals surface area contributed by atoms with Crippen LogP contribution in [0.2, 0.25) is 0 Å². The summed E-state index contributed by atoms with van der Waals surface area (Å²) in [7, 11) is 0. The average molecular weight is 487 g/mol. The number of benzene rings is 2. The average Bonchev–Trinajstić information content (AvgIpc) is 2.81. The highest BCUT2D eigenvalue weighted by atomic mass is 16.3. The molecular formula is C30H30O6. The Morgan fingerprint density at radius 2 is 1.69 bits per heavy atom. The lowest BCUT2D eigenvalue weighted by Gasteiger charge is -2.48. The van der Waals surface area contributed by atoms with Crippen molar-refractivity contribution < 1.29 is 29.4 Å². The zero-order valence-electron chi connectivity index (χ0n) is 20.8. The topological polar surface area (TPSA) is 109 Å². The van der Waals surface area contributed by atoms with Crippen molar-refractivity contribution in [1.29, 1.82) is 0 Å². The lowest BCUT2D eigenvalue weighted by atomic mass is 9.54. The van der Waals surface area contributed by atoms with E-state index in [1.165, 1.54) is 24.1 Å². The normalized spacial score (nSPS) is 27.4. The largest absolute Gasteiger partial charge is 0.507 e. The van der Waals surface area contributed by atoms with Crippen molar-refractivity contribution in [2.75, 3.05) is 0 Å². The summed E-state index contributed by atoms with van der Waals surface area (Å²) in [5.41, 5.74) is 2.25. The summed E-state index contributed by atoms with van der Waals surface area (Å²) in [6.07, 6.45) is 2.44. The summed E-state index contributed by atoms with van der Waals surface area (Å²) in [4.78, 5) is 52.7. The molecule has 1 fully saturated rings. The van der Waals surface area contributed by atoms with Crippen LogP contribution in [0.3, 0.4) is 0 Å². The predicted molar refractivity (Wildman–Crippen MR) is 133 cm³/mol. The summed E-state index contributed by atoms with van der Waals surface area (Å²) in [6.45, 7) is 4.97. The van der Waals surface area contributed by atoms with Gasteiger partial charge in [0.05, 0.1) is 17.1 Å². The number of aryl methyl sites for hydroxylation is 3. The fraction of sp³-hybridized carbons (Fsp3) is 0.400. The molecule has 2 N–H and O–H groups in total. The molecule has 6 nitrogen and oxygen atoms in total. The van der Waals surface area contributed by atoms with Gasteiger partial charge in [-0.15, -0.1) is 0 Å². The standard InChI is InChI=1S/C30H30O6/c1-15-4-6-18(7-5-15)8-9-19-10-11-23(32)26-22(19)14-20-13-21-12-16(2)24(17(3)31)28(34)30(21,36)29(35)25(20)27(26)33/h4-7,10-11,20-21,25,32,36H,8-9,12-14H2,1-3H3. The molecular weight excluding hydrogens is 456 g/mol. The van der Waals surface area contributed by atoms with Crippen LogP contribution >= 0.6 is 0 Å². The highest BCUT2D eigenvalue weighted by Gasteiger charge is 2.63. The highest BCUT2D eigenvalue weighted by Crippen LogP contribution is 2.51. The predicted octanol–water partition coefficient (Wildman–Crippen LogP) is 3.66. The van der Waals surface area contributed by atoms with E-state index in [1.807, 2.05) is 13.0 Å². The third kappa shape index (κ3) is 3.58. The van der Waals surface area contributed by atoms with E-state index in [2.05, 4.69) is 24.3 Å². The van der Waals surface area contributed by atoms with E-state index in [4.69, 9.17) is 0 Å². The first-order valence-electron chi connectivity index (χ1n) is 12.5. The number of aromatic hydroxyl groups is 1. The third-order valence-corrected chi connectivity index (χ3v) is 8.40. The summed E-state index contributed by atoms with van der Waals surface area (Å²) < 4.78 is 0. The first-order chi connectivity index (χ1) is 17.0. The fourth-order valence-corrected chi connectivity index (χ4v) is 6.58. The first-order valence-corrected chi connectivity index (χ1v) is 12.5. The molecule has 36 heavy (non-hydrogen) atoms. The zero-order chi connectivity index (χ0) is 25.9. The van der Waals surface area contributed by atoms with Crippen LogP contribution in [0.1, 0.15) is 59.3 Å².